The van der Waals surface area contributed by atoms with Gasteiger partial charge in [-0.05, 0) is 25.0 Å². The van der Waals surface area contributed by atoms with Crippen LogP contribution in [0, 0.1) is 24.0 Å². The Morgan fingerprint density at radius 1 is 1.43 bits per heavy atom. The molecule has 0 aliphatic carbocycles. The van der Waals surface area contributed by atoms with Gasteiger partial charge in [0.2, 0.25) is 5.69 Å². The van der Waals surface area contributed by atoms with Gasteiger partial charge in [0.05, 0.1) is 11.0 Å². The van der Waals surface area contributed by atoms with Gasteiger partial charge in [-0.25, -0.2) is 0 Å². The molecule has 8 heteroatoms. The van der Waals surface area contributed by atoms with E-state index in [-0.39, 0.29) is 23.6 Å². The number of nitrogens with one attached hydrogen (secondary N) is 1. The largest absolute Gasteiger partial charge is 0.387 e. The Bertz CT molecular complexity index is 754. The zero-order chi connectivity index (χ0) is 17.1. The van der Waals surface area contributed by atoms with Crippen LogP contribution in [0.2, 0.25) is 0 Å². The standard InChI is InChI=1S/C15H18N4O4/c1-9-6-4-5-7-11(9)12(20)8-16-15(21)14-13(19(22)23)10(2)17-18(14)3/h4-7,12,20H,8H2,1-3H3,(H,16,21). The first kappa shape index (κ1) is 16.6. The molecule has 1 aromatic carbocycles. The lowest BCUT2D eigenvalue weighted by atomic mass is 10.0. The number of rotatable bonds is 5. The van der Waals surface area contributed by atoms with Gasteiger partial charge in [0.1, 0.15) is 5.69 Å². The molecule has 0 bridgehead atoms. The van der Waals surface area contributed by atoms with Gasteiger partial charge in [0.25, 0.3) is 5.91 Å². The van der Waals surface area contributed by atoms with Gasteiger partial charge in [-0.1, -0.05) is 24.3 Å². The maximum atomic E-state index is 12.2. The number of nitro groups is 1. The number of hydrogen-bond donors (Lipinski definition) is 2. The van der Waals surface area contributed by atoms with Gasteiger partial charge in [-0.15, -0.1) is 0 Å². The second-order valence-electron chi connectivity index (χ2n) is 5.25. The molecule has 0 fully saturated rings. The molecule has 0 aliphatic rings. The van der Waals surface area contributed by atoms with Crippen molar-refractivity contribution in [2.45, 2.75) is 20.0 Å². The molecular weight excluding hydrogens is 300 g/mol. The van der Waals surface area contributed by atoms with Crippen LogP contribution in [0.5, 0.6) is 0 Å². The minimum atomic E-state index is -0.895. The fourth-order valence-corrected chi connectivity index (χ4v) is 2.46. The van der Waals surface area contributed by atoms with Crippen LogP contribution in [0.25, 0.3) is 0 Å². The van der Waals surface area contributed by atoms with Crippen molar-refractivity contribution in [2.75, 3.05) is 6.54 Å². The first-order valence-corrected chi connectivity index (χ1v) is 7.02. The summed E-state index contributed by atoms with van der Waals surface area (Å²) in [5, 5.41) is 27.7. The fraction of sp³-hybridized carbons (Fsp3) is 0.333. The number of aliphatic hydroxyl groups is 1. The Balaban J connectivity index is 2.15. The number of aliphatic hydroxyl groups excluding tert-OH is 1. The summed E-state index contributed by atoms with van der Waals surface area (Å²) in [6.07, 6.45) is -0.895. The number of aryl methyl sites for hydroxylation is 3. The summed E-state index contributed by atoms with van der Waals surface area (Å²) < 4.78 is 1.17. The molecule has 23 heavy (non-hydrogen) atoms. The van der Waals surface area contributed by atoms with Crippen LogP contribution in [0.1, 0.15) is 33.4 Å². The quantitative estimate of drug-likeness (QED) is 0.639. The van der Waals surface area contributed by atoms with Crippen LogP contribution < -0.4 is 5.32 Å². The highest BCUT2D eigenvalue weighted by Gasteiger charge is 2.29. The Labute approximate surface area is 132 Å². The number of benzene rings is 1. The van der Waals surface area contributed by atoms with E-state index in [1.54, 1.807) is 12.1 Å². The van der Waals surface area contributed by atoms with Crippen molar-refractivity contribution in [2.24, 2.45) is 7.05 Å². The third kappa shape index (κ3) is 3.37. The van der Waals surface area contributed by atoms with Crippen LogP contribution in [-0.4, -0.2) is 32.3 Å². The van der Waals surface area contributed by atoms with Crippen molar-refractivity contribution in [1.29, 1.82) is 0 Å². The maximum absolute atomic E-state index is 12.2. The van der Waals surface area contributed by atoms with Crippen LogP contribution in [0.15, 0.2) is 24.3 Å². The van der Waals surface area contributed by atoms with Crippen LogP contribution in [0.4, 0.5) is 5.69 Å². The van der Waals surface area contributed by atoms with E-state index in [9.17, 15) is 20.0 Å². The highest BCUT2D eigenvalue weighted by Crippen LogP contribution is 2.22. The summed E-state index contributed by atoms with van der Waals surface area (Å²) in [6.45, 7) is 3.28. The topological polar surface area (TPSA) is 110 Å². The van der Waals surface area contributed by atoms with E-state index >= 15 is 0 Å². The fourth-order valence-electron chi connectivity index (χ4n) is 2.46. The zero-order valence-corrected chi connectivity index (χ0v) is 13.1. The van der Waals surface area contributed by atoms with Crippen molar-refractivity contribution >= 4 is 11.6 Å². The molecular formula is C15H18N4O4. The zero-order valence-electron chi connectivity index (χ0n) is 13.1. The molecule has 0 radical (unpaired) electrons. The van der Waals surface area contributed by atoms with Gasteiger partial charge >= 0.3 is 5.69 Å². The van der Waals surface area contributed by atoms with E-state index in [0.29, 0.717) is 5.56 Å². The van der Waals surface area contributed by atoms with Gasteiger partial charge in [-0.2, -0.15) is 5.10 Å². The highest BCUT2D eigenvalue weighted by atomic mass is 16.6. The Morgan fingerprint density at radius 2 is 2.09 bits per heavy atom. The smallest absolute Gasteiger partial charge is 0.322 e. The van der Waals surface area contributed by atoms with E-state index < -0.39 is 16.9 Å². The van der Waals surface area contributed by atoms with Crippen molar-refractivity contribution in [3.63, 3.8) is 0 Å². The van der Waals surface area contributed by atoms with Gasteiger partial charge in [0, 0.05) is 13.6 Å². The maximum Gasteiger partial charge on any atom is 0.322 e. The molecule has 1 amide bonds. The van der Waals surface area contributed by atoms with Crippen molar-refractivity contribution in [3.8, 4) is 0 Å². The van der Waals surface area contributed by atoms with E-state index in [4.69, 9.17) is 0 Å². The molecule has 0 saturated heterocycles. The third-order valence-corrected chi connectivity index (χ3v) is 3.59. The average Bonchev–Trinajstić information content (AvgIpc) is 2.79. The molecule has 2 rings (SSSR count). The molecule has 0 aliphatic heterocycles. The second kappa shape index (κ2) is 6.57. The number of carbonyl (C=O) groups is 1. The van der Waals surface area contributed by atoms with Crippen LogP contribution >= 0.6 is 0 Å². The lowest BCUT2D eigenvalue weighted by molar-refractivity contribution is -0.385. The number of carbonyl (C=O) groups excluding carboxylic acids is 1. The number of aromatic nitrogens is 2. The minimum absolute atomic E-state index is 0.0505. The Hall–Kier alpha value is -2.74. The first-order chi connectivity index (χ1) is 10.8. The minimum Gasteiger partial charge on any atom is -0.387 e. The summed E-state index contributed by atoms with van der Waals surface area (Å²) in [6, 6.07) is 7.27. The van der Waals surface area contributed by atoms with Gasteiger partial charge in [0.15, 0.2) is 0 Å². The molecule has 2 aromatic rings. The summed E-state index contributed by atoms with van der Waals surface area (Å²) in [5.41, 5.74) is 1.31. The monoisotopic (exact) mass is 318 g/mol. The molecule has 0 saturated carbocycles. The summed E-state index contributed by atoms with van der Waals surface area (Å²) in [4.78, 5) is 22.7. The third-order valence-electron chi connectivity index (χ3n) is 3.59. The lowest BCUT2D eigenvalue weighted by Gasteiger charge is -2.14. The second-order valence-corrected chi connectivity index (χ2v) is 5.25. The number of hydrogen-bond acceptors (Lipinski definition) is 5. The average molecular weight is 318 g/mol. The van der Waals surface area contributed by atoms with Crippen LogP contribution in [0.3, 0.4) is 0 Å². The predicted molar refractivity (Wildman–Crippen MR) is 83.1 cm³/mol. The number of nitrogens with zero attached hydrogens (tertiary/aromatic N) is 3. The normalized spacial score (nSPS) is 12.0. The highest BCUT2D eigenvalue weighted by molar-refractivity contribution is 5.96. The van der Waals surface area contributed by atoms with Gasteiger partial charge < -0.3 is 10.4 Å². The van der Waals surface area contributed by atoms with Gasteiger partial charge in [-0.3, -0.25) is 19.6 Å². The number of amides is 1. The molecule has 0 spiro atoms. The Morgan fingerprint density at radius 3 is 2.70 bits per heavy atom. The van der Waals surface area contributed by atoms with Crippen molar-refractivity contribution in [1.82, 2.24) is 15.1 Å². The molecule has 8 nitrogen and oxygen atoms in total. The summed E-state index contributed by atoms with van der Waals surface area (Å²) >= 11 is 0. The van der Waals surface area contributed by atoms with Crippen molar-refractivity contribution < 1.29 is 14.8 Å². The van der Waals surface area contributed by atoms with E-state index in [1.165, 1.54) is 18.7 Å². The SMILES string of the molecule is Cc1ccccc1C(O)CNC(=O)c1c([N+](=O)[O-])c(C)nn1C. The van der Waals surface area contributed by atoms with E-state index in [1.807, 2.05) is 19.1 Å². The summed E-state index contributed by atoms with van der Waals surface area (Å²) in [5.74, 6) is -0.646. The van der Waals surface area contributed by atoms with Crippen LogP contribution in [-0.2, 0) is 7.05 Å². The predicted octanol–water partition coefficient (Wildman–Crippen LogP) is 1.41. The molecule has 1 unspecified atom stereocenters. The molecule has 1 aromatic heterocycles. The molecule has 1 heterocycles. The molecule has 1 atom stereocenters. The van der Waals surface area contributed by atoms with E-state index in [0.717, 1.165) is 5.56 Å². The molecule has 2 N–H and O–H groups in total. The Kier molecular flexibility index (Phi) is 4.75. The lowest BCUT2D eigenvalue weighted by Crippen LogP contribution is -2.30. The first-order valence-electron chi connectivity index (χ1n) is 7.02. The van der Waals surface area contributed by atoms with E-state index in [2.05, 4.69) is 10.4 Å². The molecule has 122 valence electrons. The van der Waals surface area contributed by atoms with Crippen molar-refractivity contribution in [3.05, 3.63) is 56.9 Å². The summed E-state index contributed by atoms with van der Waals surface area (Å²) in [7, 11) is 1.46.